The number of oxime groups is 1. The van der Waals surface area contributed by atoms with Gasteiger partial charge < -0.3 is 19.0 Å². The van der Waals surface area contributed by atoms with Gasteiger partial charge in [0.05, 0.1) is 0 Å². The van der Waals surface area contributed by atoms with Crippen molar-refractivity contribution in [2.45, 2.75) is 40.7 Å². The van der Waals surface area contributed by atoms with Crippen LogP contribution in [0.5, 0.6) is 23.0 Å². The topological polar surface area (TPSA) is 49.3 Å². The number of halogens is 2. The molecule has 0 heterocycles. The quantitative estimate of drug-likeness (QED) is 0.271. The average Bonchev–Trinajstić information content (AvgIpc) is 2.70. The minimum atomic E-state index is -0.227. The van der Waals surface area contributed by atoms with Crippen molar-refractivity contribution in [2.75, 3.05) is 13.2 Å². The molecule has 0 radical (unpaired) electrons. The molecule has 0 aliphatic carbocycles. The highest BCUT2D eigenvalue weighted by Gasteiger charge is 2.27. The standard InChI is InChI=1S/C24H29Cl2NO4/c1-6-29-27-23(24(3,4)5)17(2)30-19-11-13-21(14-12-19)31-20-9-7-18(8-10-20)28-16-15-22(25)26/h7-15,17H,6,16H2,1-5H3. The summed E-state index contributed by atoms with van der Waals surface area (Å²) in [6.45, 7) is 10.9. The molecule has 0 spiro atoms. The molecule has 2 aromatic rings. The minimum Gasteiger partial charge on any atom is -0.489 e. The third-order valence-corrected chi connectivity index (χ3v) is 4.44. The Balaban J connectivity index is 1.96. The number of hydrogen-bond acceptors (Lipinski definition) is 5. The van der Waals surface area contributed by atoms with Crippen molar-refractivity contribution >= 4 is 28.9 Å². The molecule has 0 saturated carbocycles. The molecule has 0 amide bonds. The first-order valence-corrected chi connectivity index (χ1v) is 10.8. The zero-order valence-electron chi connectivity index (χ0n) is 18.5. The maximum absolute atomic E-state index is 6.07. The van der Waals surface area contributed by atoms with E-state index in [2.05, 4.69) is 25.9 Å². The van der Waals surface area contributed by atoms with E-state index in [4.69, 9.17) is 42.3 Å². The maximum atomic E-state index is 6.07. The summed E-state index contributed by atoms with van der Waals surface area (Å²) >= 11 is 11.1. The van der Waals surface area contributed by atoms with Crippen LogP contribution < -0.4 is 14.2 Å². The van der Waals surface area contributed by atoms with E-state index in [0.717, 1.165) is 11.5 Å². The Morgan fingerprint density at radius 3 is 1.94 bits per heavy atom. The summed E-state index contributed by atoms with van der Waals surface area (Å²) in [4.78, 5) is 5.27. The van der Waals surface area contributed by atoms with Crippen molar-refractivity contribution < 1.29 is 19.0 Å². The highest BCUT2D eigenvalue weighted by Crippen LogP contribution is 2.27. The molecular formula is C24H29Cl2NO4. The van der Waals surface area contributed by atoms with Crippen LogP contribution in [0, 0.1) is 5.41 Å². The molecule has 0 saturated heterocycles. The van der Waals surface area contributed by atoms with E-state index >= 15 is 0 Å². The van der Waals surface area contributed by atoms with Gasteiger partial charge in [-0.25, -0.2) is 0 Å². The zero-order chi connectivity index (χ0) is 22.9. The van der Waals surface area contributed by atoms with E-state index in [0.29, 0.717) is 30.5 Å². The fourth-order valence-corrected chi connectivity index (χ4v) is 2.87. The highest BCUT2D eigenvalue weighted by molar-refractivity contribution is 6.55. The second-order valence-corrected chi connectivity index (χ2v) is 8.76. The summed E-state index contributed by atoms with van der Waals surface area (Å²) in [5.41, 5.74) is 0.681. The Hall–Kier alpha value is -2.37. The monoisotopic (exact) mass is 465 g/mol. The predicted octanol–water partition coefficient (Wildman–Crippen LogP) is 7.38. The number of benzene rings is 2. The minimum absolute atomic E-state index is 0.167. The van der Waals surface area contributed by atoms with Crippen LogP contribution in [-0.4, -0.2) is 25.0 Å². The first-order valence-electron chi connectivity index (χ1n) is 10.1. The van der Waals surface area contributed by atoms with Crippen molar-refractivity contribution in [3.63, 3.8) is 0 Å². The normalized spacial score (nSPS) is 12.7. The van der Waals surface area contributed by atoms with Gasteiger partial charge >= 0.3 is 0 Å². The van der Waals surface area contributed by atoms with Gasteiger partial charge in [-0.1, -0.05) is 49.1 Å². The van der Waals surface area contributed by atoms with Crippen molar-refractivity contribution in [1.82, 2.24) is 0 Å². The highest BCUT2D eigenvalue weighted by atomic mass is 35.5. The van der Waals surface area contributed by atoms with Crippen molar-refractivity contribution in [3.05, 3.63) is 59.1 Å². The van der Waals surface area contributed by atoms with Gasteiger partial charge in [0.25, 0.3) is 0 Å². The van der Waals surface area contributed by atoms with Gasteiger partial charge in [0.15, 0.2) is 0 Å². The number of ether oxygens (including phenoxy) is 3. The second-order valence-electron chi connectivity index (χ2n) is 7.75. The molecule has 2 aromatic carbocycles. The van der Waals surface area contributed by atoms with Crippen molar-refractivity contribution in [1.29, 1.82) is 0 Å². The fraction of sp³-hybridized carbons (Fsp3) is 0.375. The fourth-order valence-electron chi connectivity index (χ4n) is 2.74. The van der Waals surface area contributed by atoms with E-state index in [1.807, 2.05) is 62.4 Å². The van der Waals surface area contributed by atoms with Gasteiger partial charge in [-0.2, -0.15) is 0 Å². The van der Waals surface area contributed by atoms with Crippen LogP contribution in [-0.2, 0) is 4.84 Å². The molecule has 168 valence electrons. The maximum Gasteiger partial charge on any atom is 0.138 e. The van der Waals surface area contributed by atoms with E-state index in [1.165, 1.54) is 0 Å². The number of nitrogens with zero attached hydrogens (tertiary/aromatic N) is 1. The van der Waals surface area contributed by atoms with Gasteiger partial charge in [0.2, 0.25) is 0 Å². The molecule has 7 heteroatoms. The predicted molar refractivity (Wildman–Crippen MR) is 127 cm³/mol. The molecule has 2 rings (SSSR count). The van der Waals surface area contributed by atoms with Crippen molar-refractivity contribution in [2.24, 2.45) is 10.6 Å². The van der Waals surface area contributed by atoms with Crippen LogP contribution in [0.2, 0.25) is 0 Å². The summed E-state index contributed by atoms with van der Waals surface area (Å²) in [5, 5.41) is 4.26. The first kappa shape index (κ1) is 24.9. The van der Waals surface area contributed by atoms with Crippen LogP contribution in [0.25, 0.3) is 0 Å². The molecule has 31 heavy (non-hydrogen) atoms. The smallest absolute Gasteiger partial charge is 0.138 e. The Bertz CT molecular complexity index is 868. The van der Waals surface area contributed by atoms with E-state index in [9.17, 15) is 0 Å². The lowest BCUT2D eigenvalue weighted by Gasteiger charge is -2.26. The van der Waals surface area contributed by atoms with Crippen molar-refractivity contribution in [3.8, 4) is 23.0 Å². The Kier molecular flexibility index (Phi) is 9.53. The summed E-state index contributed by atoms with van der Waals surface area (Å²) in [6, 6.07) is 14.7. The Morgan fingerprint density at radius 1 is 0.935 bits per heavy atom. The molecule has 0 aromatic heterocycles. The molecule has 1 unspecified atom stereocenters. The number of rotatable bonds is 10. The van der Waals surface area contributed by atoms with Gasteiger partial charge in [0, 0.05) is 5.41 Å². The summed E-state index contributed by atoms with van der Waals surface area (Å²) < 4.78 is 17.6. The van der Waals surface area contributed by atoms with Crippen LogP contribution in [0.3, 0.4) is 0 Å². The molecule has 0 fully saturated rings. The Labute approximate surface area is 194 Å². The van der Waals surface area contributed by atoms with Gasteiger partial charge in [0.1, 0.15) is 52.5 Å². The number of hydrogen-bond donors (Lipinski definition) is 0. The summed E-state index contributed by atoms with van der Waals surface area (Å²) in [6.07, 6.45) is 1.35. The Morgan fingerprint density at radius 2 is 1.45 bits per heavy atom. The lowest BCUT2D eigenvalue weighted by molar-refractivity contribution is 0.148. The largest absolute Gasteiger partial charge is 0.489 e. The second kappa shape index (κ2) is 11.9. The lowest BCUT2D eigenvalue weighted by Crippen LogP contribution is -2.35. The van der Waals surface area contributed by atoms with Gasteiger partial charge in [-0.15, -0.1) is 0 Å². The molecule has 0 aliphatic heterocycles. The van der Waals surface area contributed by atoms with E-state index in [1.54, 1.807) is 6.08 Å². The zero-order valence-corrected chi connectivity index (χ0v) is 20.0. The van der Waals surface area contributed by atoms with Crippen LogP contribution in [0.15, 0.2) is 64.3 Å². The van der Waals surface area contributed by atoms with Crippen LogP contribution in [0.4, 0.5) is 0 Å². The third kappa shape index (κ3) is 8.72. The summed E-state index contributed by atoms with van der Waals surface area (Å²) in [5.74, 6) is 2.81. The van der Waals surface area contributed by atoms with Gasteiger partial charge in [-0.3, -0.25) is 0 Å². The average molecular weight is 466 g/mol. The summed E-state index contributed by atoms with van der Waals surface area (Å²) in [7, 11) is 0. The molecule has 0 aliphatic rings. The van der Waals surface area contributed by atoms with E-state index in [-0.39, 0.29) is 16.0 Å². The van der Waals surface area contributed by atoms with Crippen LogP contribution >= 0.6 is 23.2 Å². The molecule has 0 N–H and O–H groups in total. The SMILES string of the molecule is CCON=C(C(C)Oc1ccc(Oc2ccc(OCC=C(Cl)Cl)cc2)cc1)C(C)(C)C. The molecule has 5 nitrogen and oxygen atoms in total. The molecular weight excluding hydrogens is 437 g/mol. The molecule has 1 atom stereocenters. The van der Waals surface area contributed by atoms with Gasteiger partial charge in [-0.05, 0) is 68.5 Å². The molecule has 0 bridgehead atoms. The first-order chi connectivity index (χ1) is 14.7. The third-order valence-electron chi connectivity index (χ3n) is 4.13. The van der Waals surface area contributed by atoms with Crippen LogP contribution in [0.1, 0.15) is 34.6 Å². The van der Waals surface area contributed by atoms with E-state index < -0.39 is 0 Å². The lowest BCUT2D eigenvalue weighted by atomic mass is 9.87.